The minimum atomic E-state index is -0.884. The Morgan fingerprint density at radius 1 is 1.07 bits per heavy atom. The van der Waals surface area contributed by atoms with Crippen LogP contribution in [0.25, 0.3) is 0 Å². The number of hydrogen-bond donors (Lipinski definition) is 0. The van der Waals surface area contributed by atoms with Gasteiger partial charge in [0.05, 0.1) is 23.7 Å². The summed E-state index contributed by atoms with van der Waals surface area (Å²) in [6.07, 6.45) is 0.524. The van der Waals surface area contributed by atoms with Crippen molar-refractivity contribution in [1.82, 2.24) is 4.90 Å². The van der Waals surface area contributed by atoms with Gasteiger partial charge in [-0.25, -0.2) is 4.90 Å². The normalized spacial score (nSPS) is 39.7. The monoisotopic (exact) mass is 368 g/mol. The number of fused-ring (bicyclic) bond motifs is 5. The van der Waals surface area contributed by atoms with Gasteiger partial charge in [-0.1, -0.05) is 18.2 Å². The lowest BCUT2D eigenvalue weighted by Gasteiger charge is -2.56. The molecule has 4 heterocycles. The average Bonchev–Trinajstić information content (AvgIpc) is 3.06. The smallest absolute Gasteiger partial charge is 0.263 e. The molecule has 0 aromatic heterocycles. The van der Waals surface area contributed by atoms with Crippen molar-refractivity contribution in [1.29, 1.82) is 0 Å². The van der Waals surface area contributed by atoms with E-state index in [1.165, 1.54) is 12.0 Å². The highest BCUT2D eigenvalue weighted by Crippen LogP contribution is 2.52. The van der Waals surface area contributed by atoms with Gasteiger partial charge < -0.3 is 14.4 Å². The van der Waals surface area contributed by atoms with Crippen LogP contribution in [0.4, 0.5) is 5.69 Å². The Morgan fingerprint density at radius 2 is 1.78 bits per heavy atom. The molecule has 5 rings (SSSR count). The Balaban J connectivity index is 1.57. The molecule has 6 atom stereocenters. The highest BCUT2D eigenvalue weighted by atomic mass is 16.5. The van der Waals surface area contributed by atoms with Crippen molar-refractivity contribution >= 4 is 23.4 Å². The Hall–Kier alpha value is -2.51. The lowest BCUT2D eigenvalue weighted by atomic mass is 9.74. The molecule has 0 bridgehead atoms. The highest BCUT2D eigenvalue weighted by Gasteiger charge is 2.70. The topological polar surface area (TPSA) is 76.2 Å². The fourth-order valence-corrected chi connectivity index (χ4v) is 5.21. The summed E-state index contributed by atoms with van der Waals surface area (Å²) in [4.78, 5) is 41.8. The van der Waals surface area contributed by atoms with Crippen molar-refractivity contribution in [2.75, 3.05) is 12.0 Å². The number of imide groups is 1. The second kappa shape index (κ2) is 5.27. The molecule has 4 aliphatic rings. The molecule has 0 spiro atoms. The molecule has 0 radical (unpaired) electrons. The third-order valence-electron chi connectivity index (χ3n) is 6.24. The number of benzene rings is 1. The summed E-state index contributed by atoms with van der Waals surface area (Å²) in [5, 5.41) is 0. The molecule has 7 heteroatoms. The Bertz CT molecular complexity index is 897. The van der Waals surface area contributed by atoms with Crippen molar-refractivity contribution in [2.45, 2.75) is 43.7 Å². The first-order valence-corrected chi connectivity index (χ1v) is 9.04. The van der Waals surface area contributed by atoms with E-state index in [2.05, 4.69) is 0 Å². The van der Waals surface area contributed by atoms with Gasteiger partial charge >= 0.3 is 0 Å². The fourth-order valence-electron chi connectivity index (χ4n) is 5.21. The first-order chi connectivity index (χ1) is 12.9. The van der Waals surface area contributed by atoms with E-state index >= 15 is 0 Å². The van der Waals surface area contributed by atoms with E-state index in [1.807, 2.05) is 26.0 Å². The van der Waals surface area contributed by atoms with Gasteiger partial charge in [-0.15, -0.1) is 0 Å². The molecular weight excluding hydrogens is 348 g/mol. The maximum atomic E-state index is 13.2. The van der Waals surface area contributed by atoms with Crippen LogP contribution in [0.5, 0.6) is 0 Å². The van der Waals surface area contributed by atoms with Crippen LogP contribution in [0.1, 0.15) is 13.8 Å². The first kappa shape index (κ1) is 16.6. The first-order valence-electron chi connectivity index (χ1n) is 9.04. The van der Waals surface area contributed by atoms with Gasteiger partial charge in [-0.3, -0.25) is 14.4 Å². The van der Waals surface area contributed by atoms with Crippen molar-refractivity contribution in [3.05, 3.63) is 42.0 Å². The van der Waals surface area contributed by atoms with E-state index in [0.29, 0.717) is 5.69 Å². The fraction of sp³-hybridized carbons (Fsp3) is 0.450. The number of β-lactam (4-membered cyclic amide) rings is 1. The summed E-state index contributed by atoms with van der Waals surface area (Å²) in [7, 11) is 1.51. The number of anilines is 1. The van der Waals surface area contributed by atoms with Gasteiger partial charge in [0.15, 0.2) is 12.2 Å². The summed E-state index contributed by atoms with van der Waals surface area (Å²) >= 11 is 0. The zero-order valence-electron chi connectivity index (χ0n) is 15.3. The van der Waals surface area contributed by atoms with Gasteiger partial charge in [-0.05, 0) is 37.6 Å². The predicted molar refractivity (Wildman–Crippen MR) is 94.7 cm³/mol. The SMILES string of the molecule is CO[C@H]1C(=O)N2[C@@H]1C(C)=C[C@]1(C)O[C@@H]3C(=O)N(c4ccccc4)C(=O)[C@@H]3[C@H]21. The molecule has 27 heavy (non-hydrogen) atoms. The Labute approximate surface area is 156 Å². The number of methoxy groups -OCH3 is 1. The van der Waals surface area contributed by atoms with Crippen molar-refractivity contribution in [2.24, 2.45) is 5.92 Å². The van der Waals surface area contributed by atoms with E-state index < -0.39 is 29.8 Å². The number of carbonyl (C=O) groups is 3. The molecule has 3 amide bonds. The maximum Gasteiger partial charge on any atom is 0.263 e. The zero-order valence-corrected chi connectivity index (χ0v) is 15.3. The van der Waals surface area contributed by atoms with Crippen molar-refractivity contribution in [3.63, 3.8) is 0 Å². The van der Waals surface area contributed by atoms with E-state index in [4.69, 9.17) is 9.47 Å². The summed E-state index contributed by atoms with van der Waals surface area (Å²) in [6.45, 7) is 3.77. The standard InChI is InChI=1S/C20H20N2O5/c1-10-9-20(2)16(22-13(10)15(26-3)19(22)25)12-14(27-20)18(24)21(17(12)23)11-7-5-4-6-8-11/h4-9,12-16H,1-3H3/t12-,13+,14-,15+,16-,20-/m0/s1. The summed E-state index contributed by atoms with van der Waals surface area (Å²) in [5.74, 6) is -1.55. The molecule has 7 nitrogen and oxygen atoms in total. The number of para-hydroxylation sites is 1. The number of amides is 3. The third kappa shape index (κ3) is 1.90. The van der Waals surface area contributed by atoms with Gasteiger partial charge in [-0.2, -0.15) is 0 Å². The maximum absolute atomic E-state index is 13.2. The van der Waals surface area contributed by atoms with Crippen molar-refractivity contribution in [3.8, 4) is 0 Å². The minimum Gasteiger partial charge on any atom is -0.369 e. The van der Waals surface area contributed by atoms with Crippen LogP contribution in [0.3, 0.4) is 0 Å². The molecule has 0 N–H and O–H groups in total. The molecule has 0 aliphatic carbocycles. The van der Waals surface area contributed by atoms with E-state index in [0.717, 1.165) is 5.57 Å². The number of ether oxygens (including phenoxy) is 2. The Morgan fingerprint density at radius 3 is 2.44 bits per heavy atom. The van der Waals surface area contributed by atoms with Gasteiger partial charge in [0.2, 0.25) is 5.91 Å². The second-order valence-corrected chi connectivity index (χ2v) is 7.78. The average molecular weight is 368 g/mol. The van der Waals surface area contributed by atoms with Crippen LogP contribution in [0.15, 0.2) is 42.0 Å². The molecule has 3 saturated heterocycles. The van der Waals surface area contributed by atoms with Crippen LogP contribution in [-0.4, -0.2) is 59.6 Å². The predicted octanol–water partition coefficient (Wildman–Crippen LogP) is 0.888. The van der Waals surface area contributed by atoms with Crippen LogP contribution < -0.4 is 4.90 Å². The van der Waals surface area contributed by atoms with Gasteiger partial charge in [0.25, 0.3) is 11.8 Å². The second-order valence-electron chi connectivity index (χ2n) is 7.78. The molecule has 1 aromatic carbocycles. The molecule has 1 aromatic rings. The molecule has 140 valence electrons. The summed E-state index contributed by atoms with van der Waals surface area (Å²) < 4.78 is 11.5. The van der Waals surface area contributed by atoms with Crippen LogP contribution >= 0.6 is 0 Å². The molecule has 3 fully saturated rings. The quantitative estimate of drug-likeness (QED) is 0.440. The zero-order chi connectivity index (χ0) is 19.1. The molecular formula is C20H20N2O5. The number of hydrogen-bond acceptors (Lipinski definition) is 5. The van der Waals surface area contributed by atoms with Gasteiger partial charge in [0.1, 0.15) is 5.60 Å². The summed E-state index contributed by atoms with van der Waals surface area (Å²) in [5.41, 5.74) is 0.620. The van der Waals surface area contributed by atoms with E-state index in [9.17, 15) is 14.4 Å². The van der Waals surface area contributed by atoms with Crippen LogP contribution in [0, 0.1) is 5.92 Å². The van der Waals surface area contributed by atoms with Crippen LogP contribution in [-0.2, 0) is 23.9 Å². The van der Waals surface area contributed by atoms with E-state index in [-0.39, 0.29) is 23.8 Å². The largest absolute Gasteiger partial charge is 0.369 e. The molecule has 4 aliphatic heterocycles. The highest BCUT2D eigenvalue weighted by molar-refractivity contribution is 6.24. The number of carbonyl (C=O) groups excluding carboxylic acids is 3. The molecule has 0 saturated carbocycles. The molecule has 0 unspecified atom stereocenters. The van der Waals surface area contributed by atoms with Crippen LogP contribution in [0.2, 0.25) is 0 Å². The van der Waals surface area contributed by atoms with Crippen molar-refractivity contribution < 1.29 is 23.9 Å². The summed E-state index contributed by atoms with van der Waals surface area (Å²) in [6, 6.07) is 8.10. The number of rotatable bonds is 2. The Kier molecular flexibility index (Phi) is 3.25. The lowest BCUT2D eigenvalue weighted by Crippen LogP contribution is -2.75. The number of nitrogens with zero attached hydrogens (tertiary/aromatic N) is 2. The third-order valence-corrected chi connectivity index (χ3v) is 6.24. The minimum absolute atomic E-state index is 0.158. The lowest BCUT2D eigenvalue weighted by molar-refractivity contribution is -0.181. The van der Waals surface area contributed by atoms with Gasteiger partial charge in [0, 0.05) is 7.11 Å². The van der Waals surface area contributed by atoms with E-state index in [1.54, 1.807) is 29.2 Å².